The molecule has 0 bridgehead atoms. The Morgan fingerprint density at radius 1 is 1.11 bits per heavy atom. The van der Waals surface area contributed by atoms with E-state index in [1.165, 1.54) is 0 Å². The quantitative estimate of drug-likeness (QED) is 0.436. The molecule has 0 aromatic carbocycles. The molecule has 0 saturated heterocycles. The predicted octanol–water partition coefficient (Wildman–Crippen LogP) is -1.25. The topological polar surface area (TPSA) is 0 Å². The van der Waals surface area contributed by atoms with E-state index in [4.69, 9.17) is 0 Å². The summed E-state index contributed by atoms with van der Waals surface area (Å²) in [6.45, 7) is 0. The zero-order valence-corrected chi connectivity index (χ0v) is 11.4. The number of hydrogen-bond acceptors (Lipinski definition) is 0. The molecule has 0 fully saturated rings. The Labute approximate surface area is 72.4 Å². The van der Waals surface area contributed by atoms with Gasteiger partial charge in [0.05, 0.1) is 0 Å². The molecule has 0 saturated carbocycles. The van der Waals surface area contributed by atoms with Crippen molar-refractivity contribution in [1.82, 2.24) is 0 Å². The van der Waals surface area contributed by atoms with Gasteiger partial charge < -0.3 is 12.4 Å². The van der Waals surface area contributed by atoms with Crippen LogP contribution in [-0.4, -0.2) is 34.7 Å². The van der Waals surface area contributed by atoms with Gasteiger partial charge in [-0.25, -0.2) is 0 Å². The maximum Gasteiger partial charge on any atom is -1.00 e. The molecular weight excluding hydrogens is 258 g/mol. The summed E-state index contributed by atoms with van der Waals surface area (Å²) >= 11 is -1.34. The van der Waals surface area contributed by atoms with Crippen LogP contribution in [0.1, 0.15) is 0 Å². The van der Waals surface area contributed by atoms with Crippen LogP contribution in [0.3, 0.4) is 0 Å². The molecule has 0 aromatic rings. The largest absolute Gasteiger partial charge is 1.00 e. The van der Waals surface area contributed by atoms with Gasteiger partial charge in [-0.2, -0.15) is 0 Å². The molecule has 0 aromatic heterocycles. The summed E-state index contributed by atoms with van der Waals surface area (Å²) in [6, 6.07) is 0. The molecule has 0 aliphatic rings. The maximum absolute atomic E-state index is 2.50. The second-order valence-electron chi connectivity index (χ2n) is 3.69. The van der Waals surface area contributed by atoms with Gasteiger partial charge in [-0.15, -0.1) is 0 Å². The van der Waals surface area contributed by atoms with E-state index in [-0.39, 0.29) is 12.4 Å². The summed E-state index contributed by atoms with van der Waals surface area (Å²) < 4.78 is 1.56. The molecule has 0 aliphatic carbocycles. The average molecular weight is 275 g/mol. The Morgan fingerprint density at radius 2 is 1.44 bits per heavy atom. The fourth-order valence-electron chi connectivity index (χ4n) is 0.866. The predicted molar refractivity (Wildman–Crippen MR) is 47.4 cm³/mol. The normalized spacial score (nSPS) is 11.3. The monoisotopic (exact) mass is 276 g/mol. The first-order chi connectivity index (χ1) is 3.42. The molecule has 3 heteroatoms. The van der Waals surface area contributed by atoms with Crippen LogP contribution in [0.25, 0.3) is 0 Å². The molecule has 0 atom stereocenters. The van der Waals surface area contributed by atoms with Gasteiger partial charge >= 0.3 is 60.4 Å². The Morgan fingerprint density at radius 3 is 1.44 bits per heavy atom. The van der Waals surface area contributed by atoms with Crippen molar-refractivity contribution >= 4 is 29.3 Å². The van der Waals surface area contributed by atoms with E-state index in [9.17, 15) is 0 Å². The van der Waals surface area contributed by atoms with Crippen LogP contribution in [0.2, 0.25) is 14.8 Å². The van der Waals surface area contributed by atoms with Crippen molar-refractivity contribution in [3.05, 3.63) is 0 Å². The van der Waals surface area contributed by atoms with E-state index in [0.29, 0.717) is 10.9 Å². The minimum atomic E-state index is -1.34. The first kappa shape index (κ1) is 13.1. The Balaban J connectivity index is 0. The number of hydrogen-bond donors (Lipinski definition) is 0. The van der Waals surface area contributed by atoms with E-state index in [2.05, 4.69) is 27.3 Å². The Kier molecular flexibility index (Phi) is 7.45. The van der Waals surface area contributed by atoms with Crippen LogP contribution in [0.15, 0.2) is 0 Å². The Bertz CT molecular complexity index is 67.9. The van der Waals surface area contributed by atoms with E-state index in [1.807, 2.05) is 0 Å². The minimum absolute atomic E-state index is 0. The minimum Gasteiger partial charge on any atom is -1.00 e. The summed E-state index contributed by atoms with van der Waals surface area (Å²) in [7, 11) is 0.708. The molecule has 0 unspecified atom stereocenters. The zero-order chi connectivity index (χ0) is 6.78. The summed E-state index contributed by atoms with van der Waals surface area (Å²) in [5.41, 5.74) is 0. The van der Waals surface area contributed by atoms with E-state index in [1.54, 1.807) is 3.77 Å². The first-order valence-electron chi connectivity index (χ1n) is 2.96. The third kappa shape index (κ3) is 12.6. The van der Waals surface area contributed by atoms with Gasteiger partial charge in [0.1, 0.15) is 0 Å². The van der Waals surface area contributed by atoms with Crippen molar-refractivity contribution in [3.63, 3.8) is 0 Å². The molecule has 0 N–H and O–H groups in total. The number of halogens is 1. The second-order valence-corrected chi connectivity index (χ2v) is 23.0. The molecule has 9 heavy (non-hydrogen) atoms. The van der Waals surface area contributed by atoms with Crippen LogP contribution in [-0.2, 0) is 10.9 Å². The van der Waals surface area contributed by atoms with Gasteiger partial charge in [0, 0.05) is 0 Å². The molecule has 0 rings (SSSR count). The smallest absolute Gasteiger partial charge is 1.00 e. The molecule has 0 spiro atoms. The zero-order valence-electron chi connectivity index (χ0n) is 6.99. The molecule has 0 heterocycles. The molecule has 0 aliphatic heterocycles. The average Bonchev–Trinajstić information content (AvgIpc) is 1.21. The van der Waals surface area contributed by atoms with Crippen LogP contribution >= 0.6 is 0 Å². The third-order valence-electron chi connectivity index (χ3n) is 0.722. The van der Waals surface area contributed by atoms with Crippen LogP contribution < -0.4 is 12.4 Å². The molecular formula is C6H17ClSSn. The van der Waals surface area contributed by atoms with Crippen molar-refractivity contribution in [2.75, 3.05) is 16.3 Å². The molecule has 0 radical (unpaired) electrons. The van der Waals surface area contributed by atoms with Gasteiger partial charge in [-0.05, 0) is 0 Å². The van der Waals surface area contributed by atoms with Gasteiger partial charge in [-0.3, -0.25) is 0 Å². The van der Waals surface area contributed by atoms with Gasteiger partial charge in [-0.1, -0.05) is 0 Å². The molecule has 58 valence electrons. The van der Waals surface area contributed by atoms with E-state index in [0.717, 1.165) is 0 Å². The fourth-order valence-corrected chi connectivity index (χ4v) is 17.4. The summed E-state index contributed by atoms with van der Waals surface area (Å²) in [5, 5.41) is 0. The van der Waals surface area contributed by atoms with Gasteiger partial charge in [0.25, 0.3) is 0 Å². The van der Waals surface area contributed by atoms with E-state index < -0.39 is 18.4 Å². The second kappa shape index (κ2) is 5.14. The summed E-state index contributed by atoms with van der Waals surface area (Å²) in [4.78, 5) is 7.50. The van der Waals surface area contributed by atoms with Crippen molar-refractivity contribution in [1.29, 1.82) is 0 Å². The maximum atomic E-state index is 2.50. The van der Waals surface area contributed by atoms with Crippen molar-refractivity contribution in [2.45, 2.75) is 14.8 Å². The first-order valence-corrected chi connectivity index (χ1v) is 15.7. The van der Waals surface area contributed by atoms with Gasteiger partial charge in [0.15, 0.2) is 0 Å². The standard InChI is InChI=1S/C3H8S.3CH3.ClH.Sn/c1-4(2)3;;;;;/h1H2,2-3H3;3*1H3;1H;/q+1;;;;;/p-1. The van der Waals surface area contributed by atoms with Crippen LogP contribution in [0.5, 0.6) is 0 Å². The Hall–Kier alpha value is 1.44. The van der Waals surface area contributed by atoms with E-state index >= 15 is 0 Å². The van der Waals surface area contributed by atoms with Gasteiger partial charge in [0.2, 0.25) is 0 Å². The van der Waals surface area contributed by atoms with Crippen molar-refractivity contribution < 1.29 is 12.4 Å². The van der Waals surface area contributed by atoms with Crippen molar-refractivity contribution in [3.8, 4) is 0 Å². The summed E-state index contributed by atoms with van der Waals surface area (Å²) in [6.07, 6.45) is 4.70. The van der Waals surface area contributed by atoms with Crippen LogP contribution in [0, 0.1) is 0 Å². The number of rotatable bonds is 2. The van der Waals surface area contributed by atoms with Crippen molar-refractivity contribution in [2.24, 2.45) is 0 Å². The summed E-state index contributed by atoms with van der Waals surface area (Å²) in [5.74, 6) is 0. The molecule has 0 nitrogen and oxygen atoms in total. The molecule has 0 amide bonds. The van der Waals surface area contributed by atoms with Crippen LogP contribution in [0.4, 0.5) is 0 Å². The SMILES string of the molecule is C[S+](C)[CH2][Sn]([CH3])([CH3])[CH3].[Cl-]. The third-order valence-corrected chi connectivity index (χ3v) is 14.5. The fraction of sp³-hybridized carbons (Fsp3) is 1.00.